The van der Waals surface area contributed by atoms with Crippen LogP contribution in [0.4, 0.5) is 5.13 Å². The SMILES string of the molecule is C=CC1=C(C(=O)[O-])N2C(=O)C(NC(=O)C(=NOCC(=O)OC(c3ccccc3)c3ccccc3)c3csc(N)n3)[C@@H]2SC1.[Na+]. The second kappa shape index (κ2) is 14.7. The number of nitrogen functional groups attached to an aromatic ring is 1. The molecule has 0 saturated carbocycles. The summed E-state index contributed by atoms with van der Waals surface area (Å²) in [6.07, 6.45) is 0.653. The number of aromatic nitrogens is 1. The Kier molecular flexibility index (Phi) is 11.0. The number of β-lactam (4-membered cyclic amide) rings is 1. The van der Waals surface area contributed by atoms with Crippen molar-refractivity contribution in [2.45, 2.75) is 17.5 Å². The fraction of sp³-hybridized carbons (Fsp3) is 0.172. The molecule has 3 N–H and O–H groups in total. The van der Waals surface area contributed by atoms with Crippen LogP contribution in [0.5, 0.6) is 0 Å². The number of nitrogens with one attached hydrogen (secondary N) is 1. The van der Waals surface area contributed by atoms with Crippen molar-refractivity contribution < 1.29 is 63.4 Å². The molecular weight excluding hydrogens is 617 g/mol. The molecule has 0 aliphatic carbocycles. The first-order valence-corrected chi connectivity index (χ1v) is 14.7. The molecule has 3 aromatic rings. The summed E-state index contributed by atoms with van der Waals surface area (Å²) in [5.74, 6) is -3.48. The number of esters is 1. The molecule has 1 fully saturated rings. The van der Waals surface area contributed by atoms with Gasteiger partial charge in [-0.1, -0.05) is 78.5 Å². The number of carboxylic acid groups (broad SMARTS) is 1. The normalized spacial score (nSPS) is 17.6. The van der Waals surface area contributed by atoms with E-state index in [2.05, 4.69) is 22.0 Å². The van der Waals surface area contributed by atoms with E-state index in [0.717, 1.165) is 27.4 Å². The Morgan fingerprint density at radius 2 is 1.80 bits per heavy atom. The molecule has 44 heavy (non-hydrogen) atoms. The minimum Gasteiger partial charge on any atom is -0.543 e. The number of carboxylic acids is 1. The number of carbonyl (C=O) groups is 4. The molecule has 15 heteroatoms. The Morgan fingerprint density at radius 3 is 2.34 bits per heavy atom. The smallest absolute Gasteiger partial charge is 0.543 e. The molecule has 3 heterocycles. The zero-order chi connectivity index (χ0) is 30.5. The van der Waals surface area contributed by atoms with Crippen LogP contribution >= 0.6 is 23.1 Å². The zero-order valence-electron chi connectivity index (χ0n) is 23.4. The van der Waals surface area contributed by atoms with Gasteiger partial charge in [-0.05, 0) is 16.7 Å². The van der Waals surface area contributed by atoms with E-state index in [1.165, 1.54) is 23.2 Å². The van der Waals surface area contributed by atoms with E-state index in [0.29, 0.717) is 5.57 Å². The van der Waals surface area contributed by atoms with Gasteiger partial charge < -0.3 is 30.5 Å². The quantitative estimate of drug-likeness (QED) is 0.0813. The molecule has 2 amide bonds. The Balaban J connectivity index is 0.00000442. The van der Waals surface area contributed by atoms with Crippen molar-refractivity contribution in [2.75, 3.05) is 18.1 Å². The van der Waals surface area contributed by atoms with Crippen molar-refractivity contribution in [3.63, 3.8) is 0 Å². The average Bonchev–Trinajstić information content (AvgIpc) is 3.46. The molecular formula is C29H24N5NaO7S2. The standard InChI is InChI=1S/C29H25N5O7S2.Na/c1-2-16-14-42-27-22(26(37)34(27)23(16)28(38)39)32-25(36)21(19-15-43-29(30)31-19)33-40-13-20(35)41-24(17-9-5-3-6-10-17)18-11-7-4-8-12-18;/h2-12,15,22,24,27H,1,13-14H2,(H2,30,31)(H,32,36)(H,38,39);/q;+1/p-1/t22?,27-;/m0./s1. The molecule has 12 nitrogen and oxygen atoms in total. The number of anilines is 1. The predicted molar refractivity (Wildman–Crippen MR) is 157 cm³/mol. The number of nitrogens with zero attached hydrogens (tertiary/aromatic N) is 3. The summed E-state index contributed by atoms with van der Waals surface area (Å²) in [4.78, 5) is 61.0. The molecule has 1 aromatic heterocycles. The van der Waals surface area contributed by atoms with Crippen LogP contribution in [0.3, 0.4) is 0 Å². The largest absolute Gasteiger partial charge is 1.00 e. The first-order valence-electron chi connectivity index (χ1n) is 12.8. The molecule has 1 saturated heterocycles. The summed E-state index contributed by atoms with van der Waals surface area (Å²) >= 11 is 2.31. The van der Waals surface area contributed by atoms with Crippen LogP contribution in [0.1, 0.15) is 22.9 Å². The first kappa shape index (κ1) is 33.0. The molecule has 0 bridgehead atoms. The molecule has 2 aliphatic rings. The molecule has 5 rings (SSSR count). The molecule has 0 spiro atoms. The molecule has 2 aliphatic heterocycles. The number of carbonyl (C=O) groups excluding carboxylic acids is 4. The van der Waals surface area contributed by atoms with Crippen LogP contribution in [-0.2, 0) is 28.8 Å². The van der Waals surface area contributed by atoms with Crippen molar-refractivity contribution in [2.24, 2.45) is 5.16 Å². The van der Waals surface area contributed by atoms with E-state index in [9.17, 15) is 24.3 Å². The monoisotopic (exact) mass is 641 g/mol. The van der Waals surface area contributed by atoms with E-state index in [1.807, 2.05) is 60.7 Å². The van der Waals surface area contributed by atoms with Crippen molar-refractivity contribution >= 4 is 57.7 Å². The zero-order valence-corrected chi connectivity index (χ0v) is 27.0. The average molecular weight is 642 g/mol. The second-order valence-electron chi connectivity index (χ2n) is 9.20. The van der Waals surface area contributed by atoms with Crippen LogP contribution < -0.4 is 45.7 Å². The van der Waals surface area contributed by atoms with Crippen LogP contribution in [0, 0.1) is 0 Å². The minimum absolute atomic E-state index is 0. The molecule has 2 atom stereocenters. The summed E-state index contributed by atoms with van der Waals surface area (Å²) in [5.41, 5.74) is 7.04. The number of amides is 2. The third-order valence-corrected chi connectivity index (χ3v) is 8.47. The fourth-order valence-electron chi connectivity index (χ4n) is 4.50. The number of aliphatic carboxylic acids is 1. The number of fused-ring (bicyclic) bond motifs is 1. The summed E-state index contributed by atoms with van der Waals surface area (Å²) in [5, 5.41) is 19.0. The predicted octanol–water partition coefficient (Wildman–Crippen LogP) is -1.63. The number of rotatable bonds is 11. The molecule has 0 radical (unpaired) electrons. The van der Waals surface area contributed by atoms with E-state index in [4.69, 9.17) is 15.3 Å². The summed E-state index contributed by atoms with van der Waals surface area (Å²) in [7, 11) is 0. The third kappa shape index (κ3) is 7.05. The second-order valence-corrected chi connectivity index (χ2v) is 11.2. The number of thiazole rings is 1. The number of allylic oxidation sites excluding steroid dienone is 1. The number of thioether (sulfide) groups is 1. The van der Waals surface area contributed by atoms with Gasteiger partial charge in [-0.25, -0.2) is 9.78 Å². The van der Waals surface area contributed by atoms with Gasteiger partial charge in [-0.2, -0.15) is 0 Å². The molecule has 2 aromatic carbocycles. The van der Waals surface area contributed by atoms with Gasteiger partial charge in [-0.15, -0.1) is 23.1 Å². The number of hydrogen-bond donors (Lipinski definition) is 2. The summed E-state index contributed by atoms with van der Waals surface area (Å²) in [6.45, 7) is 2.96. The number of hydrogen-bond acceptors (Lipinski definition) is 12. The van der Waals surface area contributed by atoms with Crippen LogP contribution in [0.25, 0.3) is 0 Å². The molecule has 220 valence electrons. The van der Waals surface area contributed by atoms with Gasteiger partial charge in [0.15, 0.2) is 16.9 Å². The van der Waals surface area contributed by atoms with E-state index in [-0.39, 0.29) is 57.5 Å². The maximum atomic E-state index is 13.3. The number of ether oxygens (including phenoxy) is 1. The van der Waals surface area contributed by atoms with E-state index < -0.39 is 47.9 Å². The summed E-state index contributed by atoms with van der Waals surface area (Å²) < 4.78 is 5.70. The Labute approximate surface area is 282 Å². The number of oxime groups is 1. The topological polar surface area (TPSA) is 176 Å². The third-order valence-electron chi connectivity index (χ3n) is 6.50. The summed E-state index contributed by atoms with van der Waals surface area (Å²) in [6, 6.07) is 17.3. The van der Waals surface area contributed by atoms with Crippen molar-refractivity contribution in [3.05, 3.63) is 107 Å². The van der Waals surface area contributed by atoms with Gasteiger partial charge >= 0.3 is 35.5 Å². The van der Waals surface area contributed by atoms with Gasteiger partial charge in [0.25, 0.3) is 11.8 Å². The van der Waals surface area contributed by atoms with Crippen LogP contribution in [0.15, 0.2) is 95.1 Å². The van der Waals surface area contributed by atoms with Crippen LogP contribution in [-0.4, -0.2) is 63.1 Å². The molecule has 1 unspecified atom stereocenters. The van der Waals surface area contributed by atoms with Gasteiger partial charge in [0, 0.05) is 11.1 Å². The fourth-order valence-corrected chi connectivity index (χ4v) is 6.39. The van der Waals surface area contributed by atoms with Crippen LogP contribution in [0.2, 0.25) is 0 Å². The maximum absolute atomic E-state index is 13.3. The maximum Gasteiger partial charge on any atom is 1.00 e. The first-order chi connectivity index (χ1) is 20.8. The van der Waals surface area contributed by atoms with Crippen molar-refractivity contribution in [3.8, 4) is 0 Å². The van der Waals surface area contributed by atoms with Gasteiger partial charge in [-0.3, -0.25) is 14.5 Å². The number of nitrogens with two attached hydrogens (primary N) is 1. The Bertz CT molecular complexity index is 1590. The number of benzene rings is 2. The van der Waals surface area contributed by atoms with Gasteiger partial charge in [0.05, 0.1) is 11.7 Å². The minimum atomic E-state index is -1.51. The van der Waals surface area contributed by atoms with Gasteiger partial charge in [0.2, 0.25) is 6.61 Å². The van der Waals surface area contributed by atoms with Gasteiger partial charge in [0.1, 0.15) is 17.1 Å². The van der Waals surface area contributed by atoms with Crippen molar-refractivity contribution in [1.82, 2.24) is 15.2 Å². The van der Waals surface area contributed by atoms with Crippen molar-refractivity contribution in [1.29, 1.82) is 0 Å². The van der Waals surface area contributed by atoms with E-state index >= 15 is 0 Å². The Morgan fingerprint density at radius 1 is 1.16 bits per heavy atom. The van der Waals surface area contributed by atoms with E-state index in [1.54, 1.807) is 0 Å². The Hall–Kier alpha value is -3.95.